The van der Waals surface area contributed by atoms with E-state index in [0.29, 0.717) is 17.4 Å². The Morgan fingerprint density at radius 2 is 0.584 bits per heavy atom. The fourth-order valence-corrected chi connectivity index (χ4v) is 10.6. The van der Waals surface area contributed by atoms with Crippen LogP contribution in [0.15, 0.2) is 0 Å². The fourth-order valence-electron chi connectivity index (χ4n) is 10.6. The second kappa shape index (κ2) is 60.4. The van der Waals surface area contributed by atoms with Crippen LogP contribution in [0.5, 0.6) is 0 Å². The second-order valence-electron chi connectivity index (χ2n) is 24.8. The van der Waals surface area contributed by atoms with E-state index in [1.165, 1.54) is 295 Å². The number of carboxylic acid groups (broad SMARTS) is 1. The zero-order chi connectivity index (χ0) is 56.2. The highest BCUT2D eigenvalue weighted by Gasteiger charge is 2.22. The van der Waals surface area contributed by atoms with E-state index in [9.17, 15) is 19.5 Å². The van der Waals surface area contributed by atoms with Crippen molar-refractivity contribution in [3.63, 3.8) is 0 Å². The number of hydrogen-bond donors (Lipinski definition) is 0. The fraction of sp³-hybridized carbons (Fsp3) is 0.956. The second-order valence-corrected chi connectivity index (χ2v) is 24.8. The van der Waals surface area contributed by atoms with Gasteiger partial charge in [-0.25, -0.2) is 0 Å². The van der Waals surface area contributed by atoms with Crippen molar-refractivity contribution in [2.24, 2.45) is 0 Å². The lowest BCUT2D eigenvalue weighted by Gasteiger charge is -2.26. The van der Waals surface area contributed by atoms with E-state index in [2.05, 4.69) is 13.8 Å². The van der Waals surface area contributed by atoms with Crippen LogP contribution in [0.3, 0.4) is 0 Å². The number of hydrogen-bond acceptors (Lipinski definition) is 8. The third kappa shape index (κ3) is 61.8. The van der Waals surface area contributed by atoms with Crippen molar-refractivity contribution in [3.05, 3.63) is 0 Å². The predicted octanol–water partition coefficient (Wildman–Crippen LogP) is 19.4. The lowest BCUT2D eigenvalue weighted by molar-refractivity contribution is -0.870. The number of nitrogens with zero attached hydrogens (tertiary/aromatic N) is 1. The van der Waals surface area contributed by atoms with Crippen LogP contribution in [-0.4, -0.2) is 82.3 Å². The Morgan fingerprint density at radius 3 is 0.831 bits per heavy atom. The van der Waals surface area contributed by atoms with Crippen molar-refractivity contribution >= 4 is 17.9 Å². The lowest BCUT2D eigenvalue weighted by Crippen LogP contribution is -2.44. The van der Waals surface area contributed by atoms with Crippen LogP contribution < -0.4 is 5.11 Å². The van der Waals surface area contributed by atoms with Crippen molar-refractivity contribution in [1.82, 2.24) is 0 Å². The van der Waals surface area contributed by atoms with Crippen molar-refractivity contribution in [2.75, 3.05) is 47.5 Å². The van der Waals surface area contributed by atoms with Crippen molar-refractivity contribution in [3.8, 4) is 0 Å². The molecule has 0 rings (SSSR count). The Balaban J connectivity index is 4.05. The van der Waals surface area contributed by atoms with Gasteiger partial charge in [-0.3, -0.25) is 9.59 Å². The largest absolute Gasteiger partial charge is 0.545 e. The molecule has 0 radical (unpaired) electrons. The standard InChI is InChI=1S/C68H133NO8/c1-6-8-10-12-14-16-18-20-22-24-26-28-30-31-32-33-34-35-36-37-39-41-43-45-47-49-51-53-55-57-59-66(71)77-64(63-76-68(67(72)73)74-61-60-69(3,4)5)62-75-65(70)58-56-54-52-50-48-46-44-42-40-38-29-27-25-23-21-19-17-15-13-11-9-7-2/h64,68H,6-63H2,1-5H3. The zero-order valence-electron chi connectivity index (χ0n) is 52.4. The average Bonchev–Trinajstić information content (AvgIpc) is 3.40. The molecule has 9 nitrogen and oxygen atoms in total. The van der Waals surface area contributed by atoms with Gasteiger partial charge in [0, 0.05) is 12.8 Å². The number of carbonyl (C=O) groups is 3. The number of rotatable bonds is 65. The first-order chi connectivity index (χ1) is 37.6. The molecular formula is C68H133NO8. The number of quaternary nitrogens is 1. The summed E-state index contributed by atoms with van der Waals surface area (Å²) < 4.78 is 22.8. The quantitative estimate of drug-likeness (QED) is 0.0256. The Hall–Kier alpha value is -1.71. The minimum absolute atomic E-state index is 0.154. The minimum atomic E-state index is -1.62. The highest BCUT2D eigenvalue weighted by molar-refractivity contribution is 5.70. The molecule has 0 saturated heterocycles. The predicted molar refractivity (Wildman–Crippen MR) is 325 cm³/mol. The number of ether oxygens (including phenoxy) is 4. The molecule has 0 aromatic carbocycles. The summed E-state index contributed by atoms with van der Waals surface area (Å²) in [7, 11) is 5.95. The van der Waals surface area contributed by atoms with Crippen LogP contribution >= 0.6 is 0 Å². The molecule has 2 atom stereocenters. The molecule has 0 N–H and O–H groups in total. The monoisotopic (exact) mass is 1090 g/mol. The van der Waals surface area contributed by atoms with Crippen molar-refractivity contribution in [1.29, 1.82) is 0 Å². The first kappa shape index (κ1) is 75.3. The maximum atomic E-state index is 12.9. The molecule has 0 heterocycles. The maximum Gasteiger partial charge on any atom is 0.306 e. The third-order valence-electron chi connectivity index (χ3n) is 15.9. The van der Waals surface area contributed by atoms with E-state index in [4.69, 9.17) is 18.9 Å². The summed E-state index contributed by atoms with van der Waals surface area (Å²) in [4.78, 5) is 37.4. The molecule has 0 saturated carbocycles. The highest BCUT2D eigenvalue weighted by atomic mass is 16.7. The van der Waals surface area contributed by atoms with Gasteiger partial charge in [0.15, 0.2) is 12.4 Å². The van der Waals surface area contributed by atoms with Gasteiger partial charge in [0.1, 0.15) is 13.2 Å². The minimum Gasteiger partial charge on any atom is -0.545 e. The molecule has 0 amide bonds. The van der Waals surface area contributed by atoms with Crippen LogP contribution in [-0.2, 0) is 33.3 Å². The van der Waals surface area contributed by atoms with E-state index < -0.39 is 24.3 Å². The van der Waals surface area contributed by atoms with Gasteiger partial charge in [0.05, 0.1) is 40.3 Å². The number of likely N-dealkylation sites (N-methyl/N-ethyl adjacent to an activating group) is 1. The van der Waals surface area contributed by atoms with E-state index in [0.717, 1.165) is 38.5 Å². The van der Waals surface area contributed by atoms with Crippen LogP contribution in [0.4, 0.5) is 0 Å². The van der Waals surface area contributed by atoms with Crippen LogP contribution in [0.1, 0.15) is 361 Å². The van der Waals surface area contributed by atoms with Crippen LogP contribution in [0.25, 0.3) is 0 Å². The summed E-state index contributed by atoms with van der Waals surface area (Å²) in [5, 5.41) is 11.8. The van der Waals surface area contributed by atoms with Gasteiger partial charge in [-0.05, 0) is 12.8 Å². The summed E-state index contributed by atoms with van der Waals surface area (Å²) in [6, 6.07) is 0. The molecule has 0 spiro atoms. The SMILES string of the molecule is CCCCCCCCCCCCCCCCCCCCCCCCCCCCCCCCC(=O)OC(COC(=O)CCCCCCCCCCCCCCCCCCCCCCCC)COC(OCC[N+](C)(C)C)C(=O)[O-]. The molecule has 0 aliphatic heterocycles. The Kier molecular flexibility index (Phi) is 59.0. The Labute approximate surface area is 479 Å². The molecule has 458 valence electrons. The molecule has 0 aliphatic rings. The highest BCUT2D eigenvalue weighted by Crippen LogP contribution is 2.19. The smallest absolute Gasteiger partial charge is 0.306 e. The molecule has 0 aliphatic carbocycles. The van der Waals surface area contributed by atoms with Crippen LogP contribution in [0, 0.1) is 0 Å². The summed E-state index contributed by atoms with van der Waals surface area (Å²) in [6.07, 6.45) is 67.6. The van der Waals surface area contributed by atoms with E-state index in [1.807, 2.05) is 21.1 Å². The van der Waals surface area contributed by atoms with Gasteiger partial charge in [0.2, 0.25) is 0 Å². The first-order valence-corrected chi connectivity index (χ1v) is 34.2. The van der Waals surface area contributed by atoms with E-state index >= 15 is 0 Å². The maximum absolute atomic E-state index is 12.9. The Bertz CT molecular complexity index is 1220. The molecule has 0 aromatic heterocycles. The summed E-state index contributed by atoms with van der Waals surface area (Å²) >= 11 is 0. The van der Waals surface area contributed by atoms with Crippen LogP contribution in [0.2, 0.25) is 0 Å². The molecule has 2 unspecified atom stereocenters. The van der Waals surface area contributed by atoms with Gasteiger partial charge in [-0.1, -0.05) is 335 Å². The van der Waals surface area contributed by atoms with E-state index in [-0.39, 0.29) is 32.2 Å². The number of aliphatic carboxylic acids is 1. The number of unbranched alkanes of at least 4 members (excludes halogenated alkanes) is 50. The molecular weight excluding hydrogens is 959 g/mol. The third-order valence-corrected chi connectivity index (χ3v) is 15.9. The lowest BCUT2D eigenvalue weighted by atomic mass is 10.0. The zero-order valence-corrected chi connectivity index (χ0v) is 52.4. The van der Waals surface area contributed by atoms with E-state index in [1.54, 1.807) is 0 Å². The van der Waals surface area contributed by atoms with Gasteiger partial charge in [-0.2, -0.15) is 0 Å². The molecule has 77 heavy (non-hydrogen) atoms. The summed E-state index contributed by atoms with van der Waals surface area (Å²) in [6.45, 7) is 4.84. The first-order valence-electron chi connectivity index (χ1n) is 34.2. The Morgan fingerprint density at radius 1 is 0.338 bits per heavy atom. The normalized spacial score (nSPS) is 12.6. The molecule has 0 bridgehead atoms. The van der Waals surface area contributed by atoms with Crippen molar-refractivity contribution < 1.29 is 42.9 Å². The number of carboxylic acids is 1. The number of esters is 2. The summed E-state index contributed by atoms with van der Waals surface area (Å²) in [5.41, 5.74) is 0. The summed E-state index contributed by atoms with van der Waals surface area (Å²) in [5.74, 6) is -2.24. The van der Waals surface area contributed by atoms with Gasteiger partial charge in [-0.15, -0.1) is 0 Å². The van der Waals surface area contributed by atoms with Gasteiger partial charge >= 0.3 is 11.9 Å². The number of carbonyl (C=O) groups excluding carboxylic acids is 3. The topological polar surface area (TPSA) is 111 Å². The molecule has 0 aromatic rings. The average molecular weight is 1090 g/mol. The molecule has 9 heteroatoms. The van der Waals surface area contributed by atoms with Gasteiger partial charge < -0.3 is 33.3 Å². The van der Waals surface area contributed by atoms with Crippen molar-refractivity contribution in [2.45, 2.75) is 373 Å². The molecule has 0 fully saturated rings. The van der Waals surface area contributed by atoms with Gasteiger partial charge in [0.25, 0.3) is 0 Å².